The molecule has 7 heteroatoms. The van der Waals surface area contributed by atoms with Gasteiger partial charge in [0.05, 0.1) is 0 Å². The van der Waals surface area contributed by atoms with Gasteiger partial charge in [0, 0.05) is 23.2 Å². The molecule has 1 aromatic carbocycles. The average molecular weight is 332 g/mol. The number of aryl methyl sites for hydroxylation is 1. The Labute approximate surface area is 137 Å². The number of benzene rings is 1. The molecule has 2 N–H and O–H groups in total. The molecule has 23 heavy (non-hydrogen) atoms. The zero-order valence-corrected chi connectivity index (χ0v) is 13.5. The van der Waals surface area contributed by atoms with E-state index in [0.717, 1.165) is 4.88 Å². The second kappa shape index (κ2) is 7.55. The number of carbonyl (C=O) groups is 3. The molecular weight excluding hydrogens is 316 g/mol. The van der Waals surface area contributed by atoms with Gasteiger partial charge < -0.3 is 15.4 Å². The SMILES string of the molecule is CNC(=O)c1ccc(NC(=O)COC(=O)c2ccc(C)s2)cc1. The molecule has 120 valence electrons. The van der Waals surface area contributed by atoms with Crippen molar-refractivity contribution in [3.8, 4) is 0 Å². The van der Waals surface area contributed by atoms with Crippen LogP contribution in [0.4, 0.5) is 5.69 Å². The molecule has 2 amide bonds. The number of hydrogen-bond acceptors (Lipinski definition) is 5. The van der Waals surface area contributed by atoms with E-state index in [-0.39, 0.29) is 12.5 Å². The molecule has 2 rings (SSSR count). The number of carbonyl (C=O) groups excluding carboxylic acids is 3. The van der Waals surface area contributed by atoms with E-state index in [9.17, 15) is 14.4 Å². The summed E-state index contributed by atoms with van der Waals surface area (Å²) >= 11 is 1.31. The summed E-state index contributed by atoms with van der Waals surface area (Å²) in [6, 6.07) is 9.87. The zero-order chi connectivity index (χ0) is 16.8. The summed E-state index contributed by atoms with van der Waals surface area (Å²) in [6.45, 7) is 1.52. The van der Waals surface area contributed by atoms with E-state index in [1.807, 2.05) is 13.0 Å². The molecule has 0 aliphatic heterocycles. The highest BCUT2D eigenvalue weighted by Crippen LogP contribution is 2.16. The van der Waals surface area contributed by atoms with Crippen LogP contribution in [0.1, 0.15) is 24.9 Å². The van der Waals surface area contributed by atoms with Gasteiger partial charge >= 0.3 is 5.97 Å². The minimum atomic E-state index is -0.520. The lowest BCUT2D eigenvalue weighted by molar-refractivity contribution is -0.119. The Morgan fingerprint density at radius 1 is 1.09 bits per heavy atom. The topological polar surface area (TPSA) is 84.5 Å². The van der Waals surface area contributed by atoms with E-state index in [0.29, 0.717) is 16.1 Å². The van der Waals surface area contributed by atoms with Gasteiger partial charge in [-0.2, -0.15) is 0 Å². The molecule has 0 aliphatic rings. The van der Waals surface area contributed by atoms with Crippen molar-refractivity contribution in [3.05, 3.63) is 51.7 Å². The maximum absolute atomic E-state index is 11.8. The Kier molecular flexibility index (Phi) is 5.48. The maximum atomic E-state index is 11.8. The van der Waals surface area contributed by atoms with E-state index < -0.39 is 11.9 Å². The number of ether oxygens (including phenoxy) is 1. The first-order chi connectivity index (χ1) is 11.0. The van der Waals surface area contributed by atoms with Gasteiger partial charge in [-0.1, -0.05) is 0 Å². The fourth-order valence-electron chi connectivity index (χ4n) is 1.79. The third-order valence-electron chi connectivity index (χ3n) is 2.93. The van der Waals surface area contributed by atoms with Crippen molar-refractivity contribution in [2.75, 3.05) is 19.0 Å². The molecule has 0 bridgehead atoms. The van der Waals surface area contributed by atoms with Gasteiger partial charge in [-0.3, -0.25) is 9.59 Å². The lowest BCUT2D eigenvalue weighted by atomic mass is 10.2. The van der Waals surface area contributed by atoms with Crippen LogP contribution in [0.15, 0.2) is 36.4 Å². The van der Waals surface area contributed by atoms with Crippen molar-refractivity contribution in [1.82, 2.24) is 5.32 Å². The van der Waals surface area contributed by atoms with Crippen molar-refractivity contribution < 1.29 is 19.1 Å². The minimum absolute atomic E-state index is 0.206. The van der Waals surface area contributed by atoms with Crippen LogP contribution in [0.2, 0.25) is 0 Å². The first-order valence-corrected chi connectivity index (χ1v) is 7.67. The Morgan fingerprint density at radius 2 is 1.78 bits per heavy atom. The minimum Gasteiger partial charge on any atom is -0.451 e. The highest BCUT2D eigenvalue weighted by atomic mass is 32.1. The number of thiophene rings is 1. The summed E-state index contributed by atoms with van der Waals surface area (Å²) in [5, 5.41) is 5.10. The van der Waals surface area contributed by atoms with Gasteiger partial charge in [-0.05, 0) is 43.3 Å². The predicted octanol–water partition coefficient (Wildman–Crippen LogP) is 2.21. The highest BCUT2D eigenvalue weighted by molar-refractivity contribution is 7.13. The standard InChI is InChI=1S/C16H16N2O4S/c1-10-3-8-13(23-10)16(21)22-9-14(19)18-12-6-4-11(5-7-12)15(20)17-2/h3-8H,9H2,1-2H3,(H,17,20)(H,18,19). The van der Waals surface area contributed by atoms with Crippen LogP contribution in [-0.4, -0.2) is 31.4 Å². The smallest absolute Gasteiger partial charge is 0.348 e. The second-order valence-electron chi connectivity index (χ2n) is 4.69. The van der Waals surface area contributed by atoms with Crippen molar-refractivity contribution in [2.45, 2.75) is 6.92 Å². The summed E-state index contributed by atoms with van der Waals surface area (Å²) < 4.78 is 4.95. The van der Waals surface area contributed by atoms with Crippen molar-refractivity contribution >= 4 is 34.8 Å². The van der Waals surface area contributed by atoms with Gasteiger partial charge in [-0.25, -0.2) is 4.79 Å². The number of anilines is 1. The van der Waals surface area contributed by atoms with E-state index in [2.05, 4.69) is 10.6 Å². The van der Waals surface area contributed by atoms with E-state index in [1.54, 1.807) is 37.4 Å². The summed E-state index contributed by atoms with van der Waals surface area (Å²) in [5.41, 5.74) is 1.01. The molecule has 0 unspecified atom stereocenters. The molecular formula is C16H16N2O4S. The molecule has 1 aromatic heterocycles. The van der Waals surface area contributed by atoms with E-state index in [4.69, 9.17) is 4.74 Å². The average Bonchev–Trinajstić information content (AvgIpc) is 2.99. The summed E-state index contributed by atoms with van der Waals surface area (Å²) in [5.74, 6) is -1.17. The fraction of sp³-hybridized carbons (Fsp3) is 0.188. The number of rotatable bonds is 5. The van der Waals surface area contributed by atoms with Crippen LogP contribution < -0.4 is 10.6 Å². The Bertz CT molecular complexity index is 722. The van der Waals surface area contributed by atoms with E-state index in [1.165, 1.54) is 11.3 Å². The molecule has 0 spiro atoms. The van der Waals surface area contributed by atoms with Crippen LogP contribution in [0, 0.1) is 6.92 Å². The fourth-order valence-corrected chi connectivity index (χ4v) is 2.55. The molecule has 2 aromatic rings. The van der Waals surface area contributed by atoms with Gasteiger partial charge in [0.15, 0.2) is 6.61 Å². The monoisotopic (exact) mass is 332 g/mol. The highest BCUT2D eigenvalue weighted by Gasteiger charge is 2.12. The summed E-state index contributed by atoms with van der Waals surface area (Å²) in [7, 11) is 1.54. The first-order valence-electron chi connectivity index (χ1n) is 6.85. The first kappa shape index (κ1) is 16.7. The van der Waals surface area contributed by atoms with E-state index >= 15 is 0 Å². The Balaban J connectivity index is 1.85. The van der Waals surface area contributed by atoms with Crippen LogP contribution >= 0.6 is 11.3 Å². The lowest BCUT2D eigenvalue weighted by Gasteiger charge is -2.07. The number of amides is 2. The summed E-state index contributed by atoms with van der Waals surface area (Å²) in [4.78, 5) is 36.4. The third-order valence-corrected chi connectivity index (χ3v) is 3.91. The number of nitrogens with one attached hydrogen (secondary N) is 2. The van der Waals surface area contributed by atoms with Gasteiger partial charge in [0.25, 0.3) is 11.8 Å². The number of esters is 1. The molecule has 0 saturated carbocycles. The maximum Gasteiger partial charge on any atom is 0.348 e. The zero-order valence-electron chi connectivity index (χ0n) is 12.7. The summed E-state index contributed by atoms with van der Waals surface area (Å²) in [6.07, 6.45) is 0. The van der Waals surface area contributed by atoms with Crippen molar-refractivity contribution in [3.63, 3.8) is 0 Å². The molecule has 1 heterocycles. The number of hydrogen-bond donors (Lipinski definition) is 2. The van der Waals surface area contributed by atoms with Gasteiger partial charge in [0.1, 0.15) is 4.88 Å². The molecule has 6 nitrogen and oxygen atoms in total. The van der Waals surface area contributed by atoms with Gasteiger partial charge in [-0.15, -0.1) is 11.3 Å². The second-order valence-corrected chi connectivity index (χ2v) is 5.98. The molecule has 0 saturated heterocycles. The Hall–Kier alpha value is -2.67. The quantitative estimate of drug-likeness (QED) is 0.822. The van der Waals surface area contributed by atoms with Crippen LogP contribution in [0.5, 0.6) is 0 Å². The largest absolute Gasteiger partial charge is 0.451 e. The molecule has 0 radical (unpaired) electrons. The van der Waals surface area contributed by atoms with Crippen molar-refractivity contribution in [1.29, 1.82) is 0 Å². The van der Waals surface area contributed by atoms with Crippen LogP contribution in [0.3, 0.4) is 0 Å². The third kappa shape index (κ3) is 4.65. The normalized spacial score (nSPS) is 10.0. The van der Waals surface area contributed by atoms with Crippen molar-refractivity contribution in [2.24, 2.45) is 0 Å². The Morgan fingerprint density at radius 3 is 2.35 bits per heavy atom. The van der Waals surface area contributed by atoms with Gasteiger partial charge in [0.2, 0.25) is 0 Å². The molecule has 0 atom stereocenters. The molecule has 0 fully saturated rings. The lowest BCUT2D eigenvalue weighted by Crippen LogP contribution is -2.21. The molecule has 0 aliphatic carbocycles. The predicted molar refractivity (Wildman–Crippen MR) is 87.8 cm³/mol. The van der Waals surface area contributed by atoms with Crippen LogP contribution in [0.25, 0.3) is 0 Å². The van der Waals surface area contributed by atoms with Crippen LogP contribution in [-0.2, 0) is 9.53 Å².